The molecule has 124 valence electrons. The fourth-order valence-corrected chi connectivity index (χ4v) is 2.96. The fraction of sp³-hybridized carbons (Fsp3) is 0.812. The molecule has 1 N–H and O–H groups in total. The lowest BCUT2D eigenvalue weighted by Crippen LogP contribution is -2.33. The van der Waals surface area contributed by atoms with Gasteiger partial charge in [0.2, 0.25) is 5.91 Å². The van der Waals surface area contributed by atoms with E-state index in [1.165, 1.54) is 12.8 Å². The van der Waals surface area contributed by atoms with Crippen molar-refractivity contribution in [3.8, 4) is 0 Å². The van der Waals surface area contributed by atoms with E-state index in [1.54, 1.807) is 6.33 Å². The molecule has 1 fully saturated rings. The largest absolute Gasteiger partial charge is 0.368 e. The molecular formula is C16H28N4O2. The van der Waals surface area contributed by atoms with Gasteiger partial charge in [0, 0.05) is 19.0 Å². The summed E-state index contributed by atoms with van der Waals surface area (Å²) in [5.41, 5.74) is 0. The molecule has 1 saturated carbocycles. The van der Waals surface area contributed by atoms with Gasteiger partial charge in [-0.2, -0.15) is 0 Å². The first-order valence-electron chi connectivity index (χ1n) is 8.33. The SMILES string of the molecule is CC(C)n1cnnc1CCNC(=O)CO[C@@H]1CCC[C@H](C)C1. The van der Waals surface area contributed by atoms with Crippen molar-refractivity contribution < 1.29 is 9.53 Å². The van der Waals surface area contributed by atoms with E-state index in [0.29, 0.717) is 24.9 Å². The molecule has 2 atom stereocenters. The Hall–Kier alpha value is -1.43. The Kier molecular flexibility index (Phi) is 6.36. The number of carbonyl (C=O) groups excluding carboxylic acids is 1. The third-order valence-electron chi connectivity index (χ3n) is 4.21. The van der Waals surface area contributed by atoms with Gasteiger partial charge in [0.1, 0.15) is 18.8 Å². The standard InChI is InChI=1S/C16H28N4O2/c1-12(2)20-11-18-19-15(20)7-8-17-16(21)10-22-14-6-4-5-13(3)9-14/h11-14H,4-10H2,1-3H3,(H,17,21)/t13-,14+/m0/s1. The van der Waals surface area contributed by atoms with Gasteiger partial charge in [0.25, 0.3) is 0 Å². The second kappa shape index (κ2) is 8.27. The minimum absolute atomic E-state index is 0.0474. The van der Waals surface area contributed by atoms with Crippen molar-refractivity contribution in [3.05, 3.63) is 12.2 Å². The van der Waals surface area contributed by atoms with Crippen LogP contribution >= 0.6 is 0 Å². The number of nitrogens with zero attached hydrogens (tertiary/aromatic N) is 3. The molecule has 0 aromatic carbocycles. The molecule has 1 amide bonds. The zero-order valence-corrected chi connectivity index (χ0v) is 13.9. The Bertz CT molecular complexity index is 472. The average Bonchev–Trinajstić information content (AvgIpc) is 2.94. The van der Waals surface area contributed by atoms with Crippen molar-refractivity contribution in [2.75, 3.05) is 13.2 Å². The van der Waals surface area contributed by atoms with Crippen LogP contribution in [0.2, 0.25) is 0 Å². The van der Waals surface area contributed by atoms with Crippen molar-refractivity contribution >= 4 is 5.91 Å². The Balaban J connectivity index is 1.64. The molecule has 1 aromatic heterocycles. The number of hydrogen-bond acceptors (Lipinski definition) is 4. The number of aromatic nitrogens is 3. The first-order valence-corrected chi connectivity index (χ1v) is 8.33. The van der Waals surface area contributed by atoms with Crippen LogP contribution in [0.5, 0.6) is 0 Å². The lowest BCUT2D eigenvalue weighted by atomic mass is 9.89. The third-order valence-corrected chi connectivity index (χ3v) is 4.21. The van der Waals surface area contributed by atoms with Gasteiger partial charge in [0.05, 0.1) is 6.10 Å². The molecule has 6 nitrogen and oxygen atoms in total. The molecule has 1 aliphatic rings. The lowest BCUT2D eigenvalue weighted by molar-refractivity contribution is -0.128. The van der Waals surface area contributed by atoms with Crippen molar-refractivity contribution in [2.45, 2.75) is 65.0 Å². The number of amides is 1. The summed E-state index contributed by atoms with van der Waals surface area (Å²) >= 11 is 0. The third kappa shape index (κ3) is 5.09. The molecule has 2 rings (SSSR count). The normalized spacial score (nSPS) is 22.0. The van der Waals surface area contributed by atoms with Gasteiger partial charge >= 0.3 is 0 Å². The summed E-state index contributed by atoms with van der Waals surface area (Å²) in [4.78, 5) is 11.8. The summed E-state index contributed by atoms with van der Waals surface area (Å²) in [7, 11) is 0. The molecule has 0 saturated heterocycles. The van der Waals surface area contributed by atoms with E-state index in [2.05, 4.69) is 36.3 Å². The van der Waals surface area contributed by atoms with Crippen molar-refractivity contribution in [3.63, 3.8) is 0 Å². The molecule has 6 heteroatoms. The van der Waals surface area contributed by atoms with Gasteiger partial charge in [-0.3, -0.25) is 4.79 Å². The second-order valence-electron chi connectivity index (χ2n) is 6.55. The summed E-state index contributed by atoms with van der Waals surface area (Å²) in [6.45, 7) is 7.15. The smallest absolute Gasteiger partial charge is 0.246 e. The van der Waals surface area contributed by atoms with E-state index in [9.17, 15) is 4.79 Å². The molecule has 22 heavy (non-hydrogen) atoms. The van der Waals surface area contributed by atoms with Gasteiger partial charge in [-0.25, -0.2) is 0 Å². The van der Waals surface area contributed by atoms with E-state index in [0.717, 1.165) is 18.7 Å². The Morgan fingerprint density at radius 2 is 2.32 bits per heavy atom. The maximum absolute atomic E-state index is 11.8. The maximum atomic E-state index is 11.8. The lowest BCUT2D eigenvalue weighted by Gasteiger charge is -2.26. The van der Waals surface area contributed by atoms with Crippen LogP contribution in [0.4, 0.5) is 0 Å². The minimum Gasteiger partial charge on any atom is -0.368 e. The van der Waals surface area contributed by atoms with Gasteiger partial charge in [-0.05, 0) is 32.6 Å². The van der Waals surface area contributed by atoms with Gasteiger partial charge in [-0.15, -0.1) is 10.2 Å². The quantitative estimate of drug-likeness (QED) is 0.837. The molecule has 0 unspecified atom stereocenters. The molecule has 1 aromatic rings. The van der Waals surface area contributed by atoms with Gasteiger partial charge in [-0.1, -0.05) is 19.8 Å². The number of rotatable bonds is 7. The number of carbonyl (C=O) groups is 1. The van der Waals surface area contributed by atoms with Gasteiger partial charge < -0.3 is 14.6 Å². The van der Waals surface area contributed by atoms with Crippen molar-refractivity contribution in [1.29, 1.82) is 0 Å². The van der Waals surface area contributed by atoms with E-state index >= 15 is 0 Å². The summed E-state index contributed by atoms with van der Waals surface area (Å²) in [5, 5.41) is 10.9. The highest BCUT2D eigenvalue weighted by Gasteiger charge is 2.20. The number of hydrogen-bond donors (Lipinski definition) is 1. The highest BCUT2D eigenvalue weighted by Crippen LogP contribution is 2.25. The molecule has 0 radical (unpaired) electrons. The topological polar surface area (TPSA) is 69.0 Å². The van der Waals surface area contributed by atoms with Crippen LogP contribution in [0.15, 0.2) is 6.33 Å². The maximum Gasteiger partial charge on any atom is 0.246 e. The molecule has 0 spiro atoms. The average molecular weight is 308 g/mol. The van der Waals surface area contributed by atoms with Crippen LogP contribution in [-0.4, -0.2) is 39.9 Å². The van der Waals surface area contributed by atoms with Crippen LogP contribution in [0.1, 0.15) is 58.3 Å². The number of ether oxygens (including phenoxy) is 1. The molecule has 1 heterocycles. The van der Waals surface area contributed by atoms with E-state index in [-0.39, 0.29) is 18.6 Å². The molecule has 0 aliphatic heterocycles. The fourth-order valence-electron chi connectivity index (χ4n) is 2.96. The Morgan fingerprint density at radius 3 is 3.05 bits per heavy atom. The van der Waals surface area contributed by atoms with Gasteiger partial charge in [0.15, 0.2) is 0 Å². The van der Waals surface area contributed by atoms with E-state index in [4.69, 9.17) is 4.74 Å². The second-order valence-corrected chi connectivity index (χ2v) is 6.55. The Morgan fingerprint density at radius 1 is 1.50 bits per heavy atom. The molecular weight excluding hydrogens is 280 g/mol. The summed E-state index contributed by atoms with van der Waals surface area (Å²) in [6.07, 6.45) is 7.30. The first kappa shape index (κ1) is 16.9. The summed E-state index contributed by atoms with van der Waals surface area (Å²) < 4.78 is 7.74. The first-order chi connectivity index (χ1) is 10.6. The van der Waals surface area contributed by atoms with E-state index < -0.39 is 0 Å². The predicted molar refractivity (Wildman–Crippen MR) is 84.5 cm³/mol. The highest BCUT2D eigenvalue weighted by molar-refractivity contribution is 5.77. The zero-order valence-electron chi connectivity index (χ0n) is 13.9. The van der Waals surface area contributed by atoms with Crippen molar-refractivity contribution in [2.24, 2.45) is 5.92 Å². The van der Waals surface area contributed by atoms with Crippen LogP contribution in [0.25, 0.3) is 0 Å². The van der Waals surface area contributed by atoms with Crippen LogP contribution in [-0.2, 0) is 16.0 Å². The highest BCUT2D eigenvalue weighted by atomic mass is 16.5. The van der Waals surface area contributed by atoms with Crippen LogP contribution in [0, 0.1) is 5.92 Å². The molecule has 0 bridgehead atoms. The summed E-state index contributed by atoms with van der Waals surface area (Å²) in [5.74, 6) is 1.57. The van der Waals surface area contributed by atoms with Crippen LogP contribution < -0.4 is 5.32 Å². The van der Waals surface area contributed by atoms with Crippen molar-refractivity contribution in [1.82, 2.24) is 20.1 Å². The monoisotopic (exact) mass is 308 g/mol. The molecule has 1 aliphatic carbocycles. The summed E-state index contributed by atoms with van der Waals surface area (Å²) in [6, 6.07) is 0.331. The number of nitrogens with one attached hydrogen (secondary N) is 1. The van der Waals surface area contributed by atoms with Crippen LogP contribution in [0.3, 0.4) is 0 Å². The van der Waals surface area contributed by atoms with E-state index in [1.807, 2.05) is 4.57 Å². The Labute approximate surface area is 132 Å². The zero-order chi connectivity index (χ0) is 15.9. The minimum atomic E-state index is -0.0474. The predicted octanol–water partition coefficient (Wildman–Crippen LogP) is 2.11.